The first-order valence-electron chi connectivity index (χ1n) is 9.51. The van der Waals surface area contributed by atoms with Crippen molar-refractivity contribution in [2.45, 2.75) is 52.3 Å². The van der Waals surface area contributed by atoms with E-state index in [1.54, 1.807) is 19.1 Å². The molecule has 0 bridgehead atoms. The second-order valence-corrected chi connectivity index (χ2v) is 6.66. The van der Waals surface area contributed by atoms with Gasteiger partial charge < -0.3 is 34.0 Å². The molecule has 1 aliphatic rings. The smallest absolute Gasteiger partial charge is 0.534 e. The van der Waals surface area contributed by atoms with Crippen LogP contribution in [0.3, 0.4) is 0 Å². The Morgan fingerprint density at radius 1 is 1.27 bits per heavy atom. The third-order valence-electron chi connectivity index (χ3n) is 4.19. The van der Waals surface area contributed by atoms with Crippen molar-refractivity contribution >= 4 is 30.9 Å². The van der Waals surface area contributed by atoms with E-state index in [0.29, 0.717) is 5.56 Å². The van der Waals surface area contributed by atoms with Gasteiger partial charge in [0.15, 0.2) is 0 Å². The molecule has 1 aromatic carbocycles. The zero-order chi connectivity index (χ0) is 22.3. The molecular weight excluding hydrogens is 397 g/mol. The van der Waals surface area contributed by atoms with Crippen molar-refractivity contribution in [3.8, 4) is 5.75 Å². The molecule has 0 saturated carbocycles. The van der Waals surface area contributed by atoms with Gasteiger partial charge in [0.25, 0.3) is 0 Å². The second kappa shape index (κ2) is 10.6. The van der Waals surface area contributed by atoms with Crippen LogP contribution in [0.1, 0.15) is 49.5 Å². The summed E-state index contributed by atoms with van der Waals surface area (Å²) >= 11 is 0. The number of benzene rings is 1. The van der Waals surface area contributed by atoms with Crippen molar-refractivity contribution in [2.75, 3.05) is 6.61 Å². The van der Waals surface area contributed by atoms with Gasteiger partial charge in [0, 0.05) is 19.8 Å². The molecule has 162 valence electrons. The third kappa shape index (κ3) is 6.48. The van der Waals surface area contributed by atoms with Gasteiger partial charge in [-0.05, 0) is 31.9 Å². The summed E-state index contributed by atoms with van der Waals surface area (Å²) in [4.78, 5) is 46.7. The number of esters is 1. The van der Waals surface area contributed by atoms with Gasteiger partial charge in [-0.2, -0.15) is 0 Å². The highest BCUT2D eigenvalue weighted by Gasteiger charge is 2.38. The van der Waals surface area contributed by atoms with Crippen LogP contribution < -0.4 is 9.97 Å². The van der Waals surface area contributed by atoms with Crippen LogP contribution in [0.5, 0.6) is 5.75 Å². The maximum absolute atomic E-state index is 12.5. The molecule has 0 saturated heterocycles. The first-order valence-corrected chi connectivity index (χ1v) is 9.51. The third-order valence-corrected chi connectivity index (χ3v) is 4.19. The number of Topliss-reactive ketones (excluding diaryl/α,β-unsaturated/α-hetero) is 1. The Balaban J connectivity index is 2.05. The summed E-state index contributed by atoms with van der Waals surface area (Å²) < 4.78 is 19.9. The fraction of sp³-hybridized carbons (Fsp3) is 0.474. The summed E-state index contributed by atoms with van der Waals surface area (Å²) in [5, 5.41) is 12.9. The number of amides is 1. The molecule has 1 unspecified atom stereocenters. The van der Waals surface area contributed by atoms with Crippen LogP contribution in [0, 0.1) is 0 Å². The summed E-state index contributed by atoms with van der Waals surface area (Å²) in [5.41, 5.74) is 0.609. The number of hydrogen-bond acceptors (Lipinski definition) is 9. The zero-order valence-electron chi connectivity index (χ0n) is 17.0. The number of ketones is 1. The molecule has 0 fully saturated rings. The van der Waals surface area contributed by atoms with Crippen molar-refractivity contribution in [1.29, 1.82) is 0 Å². The molecule has 0 radical (unpaired) electrons. The minimum absolute atomic E-state index is 0.0100. The first-order chi connectivity index (χ1) is 14.2. The number of para-hydroxylation sites is 1. The van der Waals surface area contributed by atoms with Crippen LogP contribution in [-0.2, 0) is 30.2 Å². The molecule has 10 nitrogen and oxygen atoms in total. The highest BCUT2D eigenvalue weighted by molar-refractivity contribution is 6.47. The van der Waals surface area contributed by atoms with Gasteiger partial charge in [0.1, 0.15) is 17.1 Å². The first kappa shape index (κ1) is 23.2. The van der Waals surface area contributed by atoms with Gasteiger partial charge in [-0.3, -0.25) is 4.79 Å². The molecule has 2 atom stereocenters. The number of carbonyl (C=O) groups excluding carboxylic acids is 4. The Morgan fingerprint density at radius 2 is 2.00 bits per heavy atom. The van der Waals surface area contributed by atoms with Crippen LogP contribution in [-0.4, -0.2) is 54.8 Å². The predicted octanol–water partition coefficient (Wildman–Crippen LogP) is 1.17. The van der Waals surface area contributed by atoms with Crippen molar-refractivity contribution in [1.82, 2.24) is 5.32 Å². The highest BCUT2D eigenvalue weighted by Crippen LogP contribution is 2.31. The van der Waals surface area contributed by atoms with E-state index in [1.807, 2.05) is 0 Å². The number of fused-ring (bicyclic) bond motifs is 1. The highest BCUT2D eigenvalue weighted by atomic mass is 16.8. The number of hydrogen-bond donors (Lipinski definition) is 2. The van der Waals surface area contributed by atoms with Crippen molar-refractivity contribution in [3.63, 3.8) is 0 Å². The lowest BCUT2D eigenvalue weighted by Gasteiger charge is -2.29. The number of rotatable bonds is 8. The molecular formula is C19H24BNO9. The zero-order valence-corrected chi connectivity index (χ0v) is 17.0. The molecule has 1 heterocycles. The Kier molecular flexibility index (Phi) is 8.22. The van der Waals surface area contributed by atoms with E-state index in [1.165, 1.54) is 19.9 Å². The lowest BCUT2D eigenvalue weighted by atomic mass is 9.72. The summed E-state index contributed by atoms with van der Waals surface area (Å²) in [6.07, 6.45) is -1.85. The molecule has 0 aromatic heterocycles. The van der Waals surface area contributed by atoms with Crippen LogP contribution in [0.25, 0.3) is 0 Å². The molecule has 1 amide bonds. The molecule has 11 heteroatoms. The van der Waals surface area contributed by atoms with Gasteiger partial charge in [-0.1, -0.05) is 12.1 Å². The topological polar surface area (TPSA) is 137 Å². The quantitative estimate of drug-likeness (QED) is 0.360. The molecule has 0 spiro atoms. The molecule has 2 N–H and O–H groups in total. The summed E-state index contributed by atoms with van der Waals surface area (Å²) in [5.74, 6) is -1.94. The summed E-state index contributed by atoms with van der Waals surface area (Å²) in [6, 6.07) is 4.73. The van der Waals surface area contributed by atoms with E-state index in [2.05, 4.69) is 10.1 Å². The largest absolute Gasteiger partial charge is 0.547 e. The van der Waals surface area contributed by atoms with E-state index in [-0.39, 0.29) is 48.9 Å². The Morgan fingerprint density at radius 3 is 2.67 bits per heavy atom. The predicted molar refractivity (Wildman–Crippen MR) is 104 cm³/mol. The standard InChI is InChI=1S/C19H24BNO9/c1-4-27-19(25)29-12(3)28-18(24)14-7-5-6-13-10-15(20(26)30-17(13)14)21-16(23)9-8-11(2)22/h5-7,12,15,26H,4,8-10H2,1-3H3,(H,21,23)/t12?,15-/m0/s1. The molecule has 2 rings (SSSR count). The average Bonchev–Trinajstić information content (AvgIpc) is 2.66. The van der Waals surface area contributed by atoms with Crippen LogP contribution in [0.15, 0.2) is 18.2 Å². The maximum atomic E-state index is 12.5. The molecule has 1 aromatic rings. The number of carbonyl (C=O) groups is 4. The Bertz CT molecular complexity index is 813. The molecule has 0 aliphatic carbocycles. The minimum Gasteiger partial charge on any atom is -0.534 e. The number of nitrogens with one attached hydrogen (secondary N) is 1. The lowest BCUT2D eigenvalue weighted by molar-refractivity contribution is -0.124. The van der Waals surface area contributed by atoms with Crippen molar-refractivity contribution in [3.05, 3.63) is 29.3 Å². The molecule has 1 aliphatic heterocycles. The SMILES string of the molecule is CCOC(=O)OC(C)OC(=O)c1cccc2c1OB(O)[C@@H](NC(=O)CCC(C)=O)C2. The lowest BCUT2D eigenvalue weighted by Crippen LogP contribution is -2.53. The minimum atomic E-state index is -1.40. The Labute approximate surface area is 174 Å². The van der Waals surface area contributed by atoms with Crippen LogP contribution in [0.4, 0.5) is 4.79 Å². The average molecular weight is 421 g/mol. The van der Waals surface area contributed by atoms with E-state index >= 15 is 0 Å². The fourth-order valence-electron chi connectivity index (χ4n) is 2.80. The van der Waals surface area contributed by atoms with Gasteiger partial charge >= 0.3 is 19.2 Å². The van der Waals surface area contributed by atoms with Crippen molar-refractivity contribution < 1.29 is 43.1 Å². The van der Waals surface area contributed by atoms with Gasteiger partial charge in [0.05, 0.1) is 12.5 Å². The van der Waals surface area contributed by atoms with E-state index in [0.717, 1.165) is 0 Å². The van der Waals surface area contributed by atoms with E-state index in [9.17, 15) is 24.2 Å². The van der Waals surface area contributed by atoms with Gasteiger partial charge in [-0.15, -0.1) is 0 Å². The van der Waals surface area contributed by atoms with E-state index in [4.69, 9.17) is 14.1 Å². The number of ether oxygens (including phenoxy) is 3. The normalized spacial score (nSPS) is 15.9. The summed E-state index contributed by atoms with van der Waals surface area (Å²) in [7, 11) is -1.40. The van der Waals surface area contributed by atoms with Crippen LogP contribution in [0.2, 0.25) is 0 Å². The van der Waals surface area contributed by atoms with Gasteiger partial charge in [-0.25, -0.2) is 9.59 Å². The van der Waals surface area contributed by atoms with Crippen LogP contribution >= 0.6 is 0 Å². The fourth-order valence-corrected chi connectivity index (χ4v) is 2.80. The second-order valence-electron chi connectivity index (χ2n) is 6.66. The maximum Gasteiger partial charge on any atom is 0.547 e. The molecule has 30 heavy (non-hydrogen) atoms. The monoisotopic (exact) mass is 421 g/mol. The van der Waals surface area contributed by atoms with E-state index < -0.39 is 31.5 Å². The Hall–Kier alpha value is -3.08. The van der Waals surface area contributed by atoms with Gasteiger partial charge in [0.2, 0.25) is 12.2 Å². The van der Waals surface area contributed by atoms with Crippen molar-refractivity contribution in [2.24, 2.45) is 0 Å². The summed E-state index contributed by atoms with van der Waals surface area (Å²) in [6.45, 7) is 4.47.